The second-order valence-electron chi connectivity index (χ2n) is 5.23. The predicted octanol–water partition coefficient (Wildman–Crippen LogP) is 2.39. The van der Waals surface area contributed by atoms with E-state index in [2.05, 4.69) is 9.97 Å². The number of nitrogens with zero attached hydrogens (tertiary/aromatic N) is 2. The summed E-state index contributed by atoms with van der Waals surface area (Å²) >= 11 is 1.22. The lowest BCUT2D eigenvalue weighted by Gasteiger charge is -2.08. The number of aryl methyl sites for hydroxylation is 2. The van der Waals surface area contributed by atoms with Gasteiger partial charge in [0.25, 0.3) is 5.56 Å². The fraction of sp³-hybridized carbons (Fsp3) is 0.375. The number of thioether (sulfide) groups is 1. The van der Waals surface area contributed by atoms with Crippen molar-refractivity contribution < 1.29 is 9.59 Å². The lowest BCUT2D eigenvalue weighted by atomic mass is 10.1. The first-order chi connectivity index (χ1) is 10.8. The summed E-state index contributed by atoms with van der Waals surface area (Å²) in [6.07, 6.45) is 1.67. The maximum Gasteiger partial charge on any atom is 0.273 e. The van der Waals surface area contributed by atoms with Crippen molar-refractivity contribution in [2.45, 2.75) is 39.4 Å². The van der Waals surface area contributed by atoms with Crippen molar-refractivity contribution in [3.05, 3.63) is 45.1 Å². The molecule has 23 heavy (non-hydrogen) atoms. The Labute approximate surface area is 138 Å². The Hall–Kier alpha value is -2.15. The molecule has 0 atom stereocenters. The fourth-order valence-electron chi connectivity index (χ4n) is 2.53. The summed E-state index contributed by atoms with van der Waals surface area (Å²) < 4.78 is 1.81. The standard InChI is InChI=1S/C16H19N3O3S/c1-5-19-7-6-13(22)18-16(19)23-8-12(21)15-9(2)14(11(4)20)10(3)17-15/h6-7,17H,5,8H2,1-4H3. The van der Waals surface area contributed by atoms with Crippen LogP contribution >= 0.6 is 11.8 Å². The third kappa shape index (κ3) is 3.61. The van der Waals surface area contributed by atoms with Crippen molar-refractivity contribution in [2.24, 2.45) is 0 Å². The third-order valence-electron chi connectivity index (χ3n) is 3.59. The highest BCUT2D eigenvalue weighted by Crippen LogP contribution is 2.22. The lowest BCUT2D eigenvalue weighted by molar-refractivity contribution is 0.101. The molecule has 0 unspecified atom stereocenters. The van der Waals surface area contributed by atoms with Gasteiger partial charge in [-0.1, -0.05) is 11.8 Å². The average molecular weight is 333 g/mol. The van der Waals surface area contributed by atoms with Gasteiger partial charge in [0.15, 0.2) is 16.7 Å². The van der Waals surface area contributed by atoms with Gasteiger partial charge in [-0.3, -0.25) is 14.4 Å². The molecule has 7 heteroatoms. The molecule has 0 aliphatic carbocycles. The van der Waals surface area contributed by atoms with Crippen LogP contribution in [-0.4, -0.2) is 31.9 Å². The number of carbonyl (C=O) groups is 2. The van der Waals surface area contributed by atoms with Gasteiger partial charge in [0.1, 0.15) is 0 Å². The van der Waals surface area contributed by atoms with E-state index < -0.39 is 0 Å². The van der Waals surface area contributed by atoms with Crippen LogP contribution < -0.4 is 5.56 Å². The van der Waals surface area contributed by atoms with Crippen LogP contribution in [0.15, 0.2) is 22.2 Å². The topological polar surface area (TPSA) is 84.8 Å². The monoisotopic (exact) mass is 333 g/mol. The van der Waals surface area contributed by atoms with E-state index in [1.165, 1.54) is 24.8 Å². The molecule has 122 valence electrons. The number of nitrogens with one attached hydrogen (secondary N) is 1. The molecule has 0 amide bonds. The summed E-state index contributed by atoms with van der Waals surface area (Å²) in [5.41, 5.74) is 2.07. The number of hydrogen-bond acceptors (Lipinski definition) is 5. The van der Waals surface area contributed by atoms with E-state index in [0.29, 0.717) is 34.2 Å². The van der Waals surface area contributed by atoms with E-state index in [4.69, 9.17) is 0 Å². The van der Waals surface area contributed by atoms with Crippen molar-refractivity contribution in [1.29, 1.82) is 0 Å². The Kier molecular flexibility index (Phi) is 5.20. The van der Waals surface area contributed by atoms with Crippen LogP contribution in [0.25, 0.3) is 0 Å². The van der Waals surface area contributed by atoms with E-state index >= 15 is 0 Å². The minimum atomic E-state index is -0.324. The summed E-state index contributed by atoms with van der Waals surface area (Å²) in [6.45, 7) is 7.64. The van der Waals surface area contributed by atoms with Crippen LogP contribution in [0.4, 0.5) is 0 Å². The smallest absolute Gasteiger partial charge is 0.273 e. The molecule has 0 aliphatic rings. The van der Waals surface area contributed by atoms with Crippen LogP contribution in [0.3, 0.4) is 0 Å². The van der Waals surface area contributed by atoms with Gasteiger partial charge in [0.2, 0.25) is 0 Å². The maximum atomic E-state index is 12.4. The summed E-state index contributed by atoms with van der Waals surface area (Å²) in [5, 5.41) is 0.515. The summed E-state index contributed by atoms with van der Waals surface area (Å²) in [6, 6.07) is 1.40. The van der Waals surface area contributed by atoms with E-state index in [-0.39, 0.29) is 22.9 Å². The van der Waals surface area contributed by atoms with Gasteiger partial charge in [0, 0.05) is 30.1 Å². The number of rotatable bonds is 6. The van der Waals surface area contributed by atoms with Gasteiger partial charge in [-0.15, -0.1) is 0 Å². The highest BCUT2D eigenvalue weighted by atomic mass is 32.2. The number of Topliss-reactive ketones (excluding diaryl/α,β-unsaturated/α-hetero) is 2. The SMILES string of the molecule is CCn1ccc(=O)nc1SCC(=O)c1[nH]c(C)c(C(C)=O)c1C. The van der Waals surface area contributed by atoms with Gasteiger partial charge in [-0.05, 0) is 33.3 Å². The number of carbonyl (C=O) groups excluding carboxylic acids is 2. The van der Waals surface area contributed by atoms with Crippen molar-refractivity contribution in [3.8, 4) is 0 Å². The van der Waals surface area contributed by atoms with Gasteiger partial charge in [-0.2, -0.15) is 4.98 Å². The molecule has 0 fully saturated rings. The second kappa shape index (κ2) is 6.95. The van der Waals surface area contributed by atoms with Crippen LogP contribution in [0, 0.1) is 13.8 Å². The quantitative estimate of drug-likeness (QED) is 0.498. The Morgan fingerprint density at radius 3 is 2.61 bits per heavy atom. The zero-order valence-corrected chi connectivity index (χ0v) is 14.4. The number of aromatic nitrogens is 3. The Morgan fingerprint density at radius 2 is 2.04 bits per heavy atom. The zero-order valence-electron chi connectivity index (χ0n) is 13.6. The van der Waals surface area contributed by atoms with E-state index in [0.717, 1.165) is 0 Å². The molecule has 0 spiro atoms. The van der Waals surface area contributed by atoms with Crippen molar-refractivity contribution in [1.82, 2.24) is 14.5 Å². The zero-order chi connectivity index (χ0) is 17.1. The lowest BCUT2D eigenvalue weighted by Crippen LogP contribution is -2.14. The largest absolute Gasteiger partial charge is 0.355 e. The number of H-pyrrole nitrogens is 1. The molecule has 2 aromatic heterocycles. The molecule has 0 saturated heterocycles. The average Bonchev–Trinajstić information content (AvgIpc) is 2.80. The Balaban J connectivity index is 2.21. The molecular weight excluding hydrogens is 314 g/mol. The van der Waals surface area contributed by atoms with Gasteiger partial charge < -0.3 is 9.55 Å². The summed E-state index contributed by atoms with van der Waals surface area (Å²) in [5.74, 6) is -0.0365. The normalized spacial score (nSPS) is 10.8. The number of ketones is 2. The van der Waals surface area contributed by atoms with Crippen LogP contribution in [0.5, 0.6) is 0 Å². The first-order valence-electron chi connectivity index (χ1n) is 7.28. The fourth-order valence-corrected chi connectivity index (χ4v) is 3.44. The molecule has 6 nitrogen and oxygen atoms in total. The first kappa shape index (κ1) is 17.2. The Morgan fingerprint density at radius 1 is 1.35 bits per heavy atom. The molecule has 0 saturated carbocycles. The molecular formula is C16H19N3O3S. The van der Waals surface area contributed by atoms with Gasteiger partial charge >= 0.3 is 0 Å². The minimum Gasteiger partial charge on any atom is -0.355 e. The molecule has 2 rings (SSSR count). The van der Waals surface area contributed by atoms with Crippen molar-refractivity contribution in [2.75, 3.05) is 5.75 Å². The Bertz CT molecular complexity index is 820. The van der Waals surface area contributed by atoms with Crippen LogP contribution in [-0.2, 0) is 6.54 Å². The van der Waals surface area contributed by atoms with Crippen LogP contribution in [0.1, 0.15) is 46.0 Å². The molecule has 0 radical (unpaired) electrons. The molecule has 2 aromatic rings. The van der Waals surface area contributed by atoms with E-state index in [1.54, 1.807) is 20.0 Å². The van der Waals surface area contributed by atoms with E-state index in [1.807, 2.05) is 11.5 Å². The first-order valence-corrected chi connectivity index (χ1v) is 8.27. The molecule has 1 N–H and O–H groups in total. The van der Waals surface area contributed by atoms with Gasteiger partial charge in [-0.25, -0.2) is 0 Å². The van der Waals surface area contributed by atoms with Gasteiger partial charge in [0.05, 0.1) is 11.4 Å². The molecule has 0 aliphatic heterocycles. The summed E-state index contributed by atoms with van der Waals surface area (Å²) in [7, 11) is 0. The highest BCUT2D eigenvalue weighted by molar-refractivity contribution is 7.99. The summed E-state index contributed by atoms with van der Waals surface area (Å²) in [4.78, 5) is 42.4. The second-order valence-corrected chi connectivity index (χ2v) is 6.17. The van der Waals surface area contributed by atoms with Crippen molar-refractivity contribution >= 4 is 23.3 Å². The molecule has 2 heterocycles. The van der Waals surface area contributed by atoms with Crippen molar-refractivity contribution in [3.63, 3.8) is 0 Å². The predicted molar refractivity (Wildman–Crippen MR) is 89.5 cm³/mol. The van der Waals surface area contributed by atoms with E-state index in [9.17, 15) is 14.4 Å². The highest BCUT2D eigenvalue weighted by Gasteiger charge is 2.20. The van der Waals surface area contributed by atoms with Crippen LogP contribution in [0.2, 0.25) is 0 Å². The minimum absolute atomic E-state index is 0.0625. The number of hydrogen-bond donors (Lipinski definition) is 1. The molecule has 0 bridgehead atoms. The third-order valence-corrected chi connectivity index (χ3v) is 4.58. The molecule has 0 aromatic carbocycles. The maximum absolute atomic E-state index is 12.4. The number of aromatic amines is 1.